The highest BCUT2D eigenvalue weighted by molar-refractivity contribution is 8.16. The van der Waals surface area contributed by atoms with E-state index in [2.05, 4.69) is 71.4 Å². The van der Waals surface area contributed by atoms with Crippen LogP contribution in [0.2, 0.25) is 5.15 Å². The van der Waals surface area contributed by atoms with Crippen molar-refractivity contribution in [2.75, 3.05) is 18.6 Å². The standard InChI is InChI=1S/C43H65ClN2O3S2/c1-4-6-8-10-12-14-16-18-20-26-32-50-43(51-33-27-21-19-17-15-13-11-9-7-5-2)39-37-30-24-25-31-38(37)46(41(39)44)34-35-28-22-23-29-36(35)40(42(47)48)45-49-3/h22-25,28-31,43H,4-21,26-27,32-34H2,1-3H3,(H,47,48). The van der Waals surface area contributed by atoms with Gasteiger partial charge in [-0.25, -0.2) is 4.79 Å². The van der Waals surface area contributed by atoms with E-state index in [1.165, 1.54) is 146 Å². The lowest BCUT2D eigenvalue weighted by Crippen LogP contribution is -2.18. The highest BCUT2D eigenvalue weighted by atomic mass is 35.5. The van der Waals surface area contributed by atoms with E-state index in [0.29, 0.717) is 12.1 Å². The summed E-state index contributed by atoms with van der Waals surface area (Å²) in [6, 6.07) is 16.0. The Morgan fingerprint density at radius 2 is 1.20 bits per heavy atom. The summed E-state index contributed by atoms with van der Waals surface area (Å²) in [4.78, 5) is 17.0. The number of fused-ring (bicyclic) bond motifs is 1. The summed E-state index contributed by atoms with van der Waals surface area (Å²) in [6.07, 6.45) is 26.9. The fourth-order valence-electron chi connectivity index (χ4n) is 6.81. The van der Waals surface area contributed by atoms with Crippen molar-refractivity contribution in [3.63, 3.8) is 0 Å². The molecule has 284 valence electrons. The molecular formula is C43H65ClN2O3S2. The number of para-hydroxylation sites is 1. The van der Waals surface area contributed by atoms with Gasteiger partial charge in [-0.1, -0.05) is 189 Å². The Kier molecular flexibility index (Phi) is 22.6. The van der Waals surface area contributed by atoms with Gasteiger partial charge < -0.3 is 14.5 Å². The van der Waals surface area contributed by atoms with E-state index in [0.717, 1.165) is 27.7 Å². The lowest BCUT2D eigenvalue weighted by molar-refractivity contribution is -0.129. The summed E-state index contributed by atoms with van der Waals surface area (Å²) in [5, 5.41) is 15.7. The Hall–Kier alpha value is -2.09. The Morgan fingerprint density at radius 3 is 1.71 bits per heavy atom. The molecule has 51 heavy (non-hydrogen) atoms. The lowest BCUT2D eigenvalue weighted by atomic mass is 10.0. The largest absolute Gasteiger partial charge is 0.476 e. The predicted molar refractivity (Wildman–Crippen MR) is 225 cm³/mol. The van der Waals surface area contributed by atoms with Gasteiger partial charge in [-0.05, 0) is 36.0 Å². The van der Waals surface area contributed by atoms with Gasteiger partial charge in [0.2, 0.25) is 0 Å². The van der Waals surface area contributed by atoms with Crippen LogP contribution in [-0.4, -0.2) is 40.0 Å². The molecule has 0 amide bonds. The van der Waals surface area contributed by atoms with Gasteiger partial charge in [0.25, 0.3) is 0 Å². The van der Waals surface area contributed by atoms with Crippen molar-refractivity contribution in [2.45, 2.75) is 153 Å². The molecule has 5 nitrogen and oxygen atoms in total. The molecule has 0 fully saturated rings. The summed E-state index contributed by atoms with van der Waals surface area (Å²) in [5.41, 5.74) is 3.51. The fourth-order valence-corrected chi connectivity index (χ4v) is 10.2. The minimum atomic E-state index is -1.12. The van der Waals surface area contributed by atoms with E-state index >= 15 is 0 Å². The minimum Gasteiger partial charge on any atom is -0.476 e. The molecule has 0 saturated heterocycles. The molecule has 0 saturated carbocycles. The third kappa shape index (κ3) is 15.4. The zero-order valence-electron chi connectivity index (χ0n) is 31.8. The van der Waals surface area contributed by atoms with Gasteiger partial charge in [-0.3, -0.25) is 0 Å². The first-order valence-corrected chi connectivity index (χ1v) is 22.4. The first kappa shape index (κ1) is 43.3. The van der Waals surface area contributed by atoms with Crippen molar-refractivity contribution in [1.82, 2.24) is 4.57 Å². The quantitative estimate of drug-likeness (QED) is 0.0317. The van der Waals surface area contributed by atoms with Crippen molar-refractivity contribution in [3.8, 4) is 0 Å². The monoisotopic (exact) mass is 756 g/mol. The van der Waals surface area contributed by atoms with Crippen LogP contribution < -0.4 is 0 Å². The number of nitrogens with zero attached hydrogens (tertiary/aromatic N) is 2. The van der Waals surface area contributed by atoms with Crippen molar-refractivity contribution >= 4 is 57.7 Å². The molecule has 2 aromatic carbocycles. The normalized spacial score (nSPS) is 12.0. The number of hydrogen-bond acceptors (Lipinski definition) is 5. The molecule has 0 spiro atoms. The van der Waals surface area contributed by atoms with Crippen molar-refractivity contribution in [3.05, 3.63) is 70.4 Å². The van der Waals surface area contributed by atoms with Gasteiger partial charge in [-0.2, -0.15) is 0 Å². The molecule has 3 rings (SSSR count). The van der Waals surface area contributed by atoms with Gasteiger partial charge >= 0.3 is 5.97 Å². The topological polar surface area (TPSA) is 63.8 Å². The number of hydrogen-bond donors (Lipinski definition) is 1. The average Bonchev–Trinajstić information content (AvgIpc) is 3.41. The highest BCUT2D eigenvalue weighted by Crippen LogP contribution is 2.48. The second-order valence-electron chi connectivity index (χ2n) is 13.8. The molecular weight excluding hydrogens is 692 g/mol. The molecule has 3 aromatic rings. The Bertz CT molecular complexity index is 1400. The van der Waals surface area contributed by atoms with Crippen LogP contribution in [0.5, 0.6) is 0 Å². The third-order valence-electron chi connectivity index (χ3n) is 9.70. The Morgan fingerprint density at radius 1 is 0.725 bits per heavy atom. The summed E-state index contributed by atoms with van der Waals surface area (Å²) >= 11 is 11.5. The SMILES string of the molecule is CCCCCCCCCCCCSC(SCCCCCCCCCCCC)c1c(Cl)n(Cc2ccccc2C(=NOC)C(=O)O)c2ccccc12. The summed E-state index contributed by atoms with van der Waals surface area (Å²) in [7, 11) is 1.37. The zero-order valence-corrected chi connectivity index (χ0v) is 34.2. The van der Waals surface area contributed by atoms with Gasteiger partial charge in [0, 0.05) is 28.6 Å². The van der Waals surface area contributed by atoms with Crippen molar-refractivity contribution in [2.24, 2.45) is 5.16 Å². The molecule has 8 heteroatoms. The second kappa shape index (κ2) is 26.6. The maximum Gasteiger partial charge on any atom is 0.358 e. The number of oxime groups is 1. The van der Waals surface area contributed by atoms with Crippen molar-refractivity contribution in [1.29, 1.82) is 0 Å². The van der Waals surface area contributed by atoms with Crippen LogP contribution in [0.25, 0.3) is 10.9 Å². The number of thioether (sulfide) groups is 2. The van der Waals surface area contributed by atoms with Crippen LogP contribution in [0, 0.1) is 0 Å². The summed E-state index contributed by atoms with van der Waals surface area (Å²) < 4.78 is 2.38. The number of aromatic nitrogens is 1. The Balaban J connectivity index is 1.71. The molecule has 0 bridgehead atoms. The number of unbranched alkanes of at least 4 members (excludes halogenated alkanes) is 18. The van der Waals surface area contributed by atoms with E-state index in [9.17, 15) is 9.90 Å². The van der Waals surface area contributed by atoms with Crippen LogP contribution in [-0.2, 0) is 16.2 Å². The molecule has 0 aliphatic rings. The molecule has 0 aliphatic heterocycles. The van der Waals surface area contributed by atoms with Crippen LogP contribution in [0.4, 0.5) is 0 Å². The number of halogens is 1. The van der Waals surface area contributed by atoms with E-state index in [-0.39, 0.29) is 10.3 Å². The molecule has 0 unspecified atom stereocenters. The number of benzene rings is 2. The maximum absolute atomic E-state index is 12.1. The first-order chi connectivity index (χ1) is 25.0. The molecule has 1 aromatic heterocycles. The number of carboxylic acids is 1. The number of carboxylic acid groups (broad SMARTS) is 1. The van der Waals surface area contributed by atoms with Crippen LogP contribution in [0.3, 0.4) is 0 Å². The van der Waals surface area contributed by atoms with E-state index in [1.54, 1.807) is 6.07 Å². The second-order valence-corrected chi connectivity index (χ2v) is 16.9. The first-order valence-electron chi connectivity index (χ1n) is 20.0. The highest BCUT2D eigenvalue weighted by Gasteiger charge is 2.25. The number of rotatable bonds is 30. The van der Waals surface area contributed by atoms with Gasteiger partial charge in [0.05, 0.1) is 4.58 Å². The predicted octanol–water partition coefficient (Wildman–Crippen LogP) is 14.1. The average molecular weight is 758 g/mol. The molecule has 1 N–H and O–H groups in total. The molecule has 0 radical (unpaired) electrons. The number of aliphatic carboxylic acids is 1. The van der Waals surface area contributed by atoms with E-state index in [1.807, 2.05) is 18.2 Å². The van der Waals surface area contributed by atoms with Crippen LogP contribution in [0.15, 0.2) is 53.7 Å². The van der Waals surface area contributed by atoms with E-state index in [4.69, 9.17) is 16.4 Å². The van der Waals surface area contributed by atoms with Gasteiger partial charge in [-0.15, -0.1) is 23.5 Å². The Labute approximate surface area is 323 Å². The summed E-state index contributed by atoms with van der Waals surface area (Å²) in [6.45, 7) is 5.00. The van der Waals surface area contributed by atoms with Crippen LogP contribution in [0.1, 0.15) is 164 Å². The molecule has 1 heterocycles. The molecule has 0 atom stereocenters. The maximum atomic E-state index is 12.1. The smallest absolute Gasteiger partial charge is 0.358 e. The zero-order chi connectivity index (χ0) is 36.5. The van der Waals surface area contributed by atoms with Crippen LogP contribution >= 0.6 is 35.1 Å². The summed E-state index contributed by atoms with van der Waals surface area (Å²) in [5.74, 6) is 1.13. The van der Waals surface area contributed by atoms with Gasteiger partial charge in [0.1, 0.15) is 12.3 Å². The lowest BCUT2D eigenvalue weighted by Gasteiger charge is -2.18. The fraction of sp³-hybridized carbons (Fsp3) is 0.628. The van der Waals surface area contributed by atoms with E-state index < -0.39 is 5.97 Å². The van der Waals surface area contributed by atoms with Gasteiger partial charge in [0.15, 0.2) is 5.71 Å². The minimum absolute atomic E-state index is 0.113. The molecule has 0 aliphatic carbocycles. The third-order valence-corrected chi connectivity index (χ3v) is 13.1. The van der Waals surface area contributed by atoms with Crippen molar-refractivity contribution < 1.29 is 14.7 Å². The number of carbonyl (C=O) groups is 1.